The van der Waals surface area contributed by atoms with Gasteiger partial charge in [-0.15, -0.1) is 0 Å². The van der Waals surface area contributed by atoms with E-state index in [2.05, 4.69) is 39.0 Å². The molecule has 0 saturated carbocycles. The number of nitrogens with one attached hydrogen (secondary N) is 1. The highest BCUT2D eigenvalue weighted by Crippen LogP contribution is 2.27. The molecule has 1 atom stereocenters. The number of anilines is 1. The Morgan fingerprint density at radius 1 is 1.33 bits per heavy atom. The highest BCUT2D eigenvalue weighted by molar-refractivity contribution is 7.19. The molecule has 6 nitrogen and oxygen atoms in total. The smallest absolute Gasteiger partial charge is 0.223 e. The van der Waals surface area contributed by atoms with Crippen LogP contribution in [0.2, 0.25) is 0 Å². The maximum absolute atomic E-state index is 11.1. The van der Waals surface area contributed by atoms with Crippen molar-refractivity contribution in [2.75, 3.05) is 18.4 Å². The molecule has 0 unspecified atom stereocenters. The van der Waals surface area contributed by atoms with Gasteiger partial charge in [-0.25, -0.2) is 4.98 Å². The number of likely N-dealkylation sites (tertiary alicyclic amines) is 1. The second kappa shape index (κ2) is 7.36. The van der Waals surface area contributed by atoms with Gasteiger partial charge in [0.2, 0.25) is 5.91 Å². The Morgan fingerprint density at radius 2 is 2.17 bits per heavy atom. The molecule has 1 saturated heterocycles. The summed E-state index contributed by atoms with van der Waals surface area (Å²) in [6.45, 7) is 8.30. The Balaban J connectivity index is 1.61. The van der Waals surface area contributed by atoms with Crippen LogP contribution in [0.1, 0.15) is 32.9 Å². The van der Waals surface area contributed by atoms with Crippen LogP contribution in [-0.4, -0.2) is 44.9 Å². The van der Waals surface area contributed by atoms with Crippen molar-refractivity contribution in [2.45, 2.75) is 39.7 Å². The maximum atomic E-state index is 11.1. The summed E-state index contributed by atoms with van der Waals surface area (Å²) in [5.41, 5.74) is 1.84. The number of nitrogens with zero attached hydrogens (tertiary/aromatic N) is 4. The summed E-state index contributed by atoms with van der Waals surface area (Å²) in [7, 11) is 0. The topological polar surface area (TPSA) is 71.0 Å². The van der Waals surface area contributed by atoms with Gasteiger partial charge in [-0.05, 0) is 39.2 Å². The fourth-order valence-corrected chi connectivity index (χ4v) is 3.81. The first-order chi connectivity index (χ1) is 11.5. The summed E-state index contributed by atoms with van der Waals surface area (Å²) < 4.78 is 0. The molecule has 2 aromatic heterocycles. The van der Waals surface area contributed by atoms with Gasteiger partial charge in [-0.2, -0.15) is 0 Å². The molecule has 2 aromatic rings. The monoisotopic (exact) mass is 345 g/mol. The van der Waals surface area contributed by atoms with Crippen LogP contribution in [0.15, 0.2) is 18.6 Å². The molecule has 3 rings (SSSR count). The van der Waals surface area contributed by atoms with E-state index in [0.717, 1.165) is 29.2 Å². The molecule has 1 aliphatic heterocycles. The third-order valence-corrected chi connectivity index (χ3v) is 5.23. The molecule has 1 fully saturated rings. The van der Waals surface area contributed by atoms with Gasteiger partial charge >= 0.3 is 0 Å². The molecule has 3 heterocycles. The molecule has 24 heavy (non-hydrogen) atoms. The number of amides is 1. The predicted octanol–water partition coefficient (Wildman–Crippen LogP) is 2.83. The molecule has 128 valence electrons. The molecule has 0 aromatic carbocycles. The number of rotatable bonds is 5. The Hall–Kier alpha value is -1.86. The first-order valence-corrected chi connectivity index (χ1v) is 9.11. The fraction of sp³-hybridized carbons (Fsp3) is 0.529. The average Bonchev–Trinajstić information content (AvgIpc) is 3.17. The summed E-state index contributed by atoms with van der Waals surface area (Å²) in [5.74, 6) is 0.548. The van der Waals surface area contributed by atoms with Gasteiger partial charge in [0.1, 0.15) is 5.69 Å². The zero-order chi connectivity index (χ0) is 17.1. The number of hydrogen-bond acceptors (Lipinski definition) is 6. The van der Waals surface area contributed by atoms with Crippen LogP contribution in [-0.2, 0) is 11.2 Å². The highest BCUT2D eigenvalue weighted by atomic mass is 32.1. The van der Waals surface area contributed by atoms with E-state index in [1.165, 1.54) is 31.2 Å². The van der Waals surface area contributed by atoms with Gasteiger partial charge < -0.3 is 10.2 Å². The minimum absolute atomic E-state index is 0.121. The molecule has 1 amide bonds. The minimum Gasteiger partial charge on any atom is -0.302 e. The van der Waals surface area contributed by atoms with Crippen molar-refractivity contribution < 1.29 is 4.79 Å². The average molecular weight is 345 g/mol. The molecule has 1 aliphatic rings. The van der Waals surface area contributed by atoms with Gasteiger partial charge in [0.25, 0.3) is 0 Å². The Morgan fingerprint density at radius 3 is 2.79 bits per heavy atom. The lowest BCUT2D eigenvalue weighted by Crippen LogP contribution is -2.28. The van der Waals surface area contributed by atoms with E-state index in [-0.39, 0.29) is 5.91 Å². The minimum atomic E-state index is -0.121. The van der Waals surface area contributed by atoms with Gasteiger partial charge in [0.15, 0.2) is 5.13 Å². The fourth-order valence-electron chi connectivity index (χ4n) is 2.98. The van der Waals surface area contributed by atoms with Crippen LogP contribution in [0, 0.1) is 5.92 Å². The van der Waals surface area contributed by atoms with Crippen molar-refractivity contribution in [1.82, 2.24) is 19.9 Å². The maximum Gasteiger partial charge on any atom is 0.223 e. The van der Waals surface area contributed by atoms with Crippen LogP contribution in [0.5, 0.6) is 0 Å². The van der Waals surface area contributed by atoms with Crippen molar-refractivity contribution in [3.05, 3.63) is 24.3 Å². The van der Waals surface area contributed by atoms with Gasteiger partial charge in [0, 0.05) is 31.9 Å². The Labute approximate surface area is 146 Å². The standard InChI is InChI=1S/C17H23N5OS/c1-11(2)22-5-4-13(10-22)6-14-7-19-15(8-18-14)16-9-20-17(24-16)21-12(3)23/h7-9,11,13H,4-6,10H2,1-3H3,(H,20,21,23)/t13-/m0/s1. The highest BCUT2D eigenvalue weighted by Gasteiger charge is 2.24. The number of hydrogen-bond donors (Lipinski definition) is 1. The molecule has 0 aliphatic carbocycles. The van der Waals surface area contributed by atoms with E-state index in [1.54, 1.807) is 12.4 Å². The van der Waals surface area contributed by atoms with Crippen LogP contribution >= 0.6 is 11.3 Å². The number of carbonyl (C=O) groups is 1. The quantitative estimate of drug-likeness (QED) is 0.902. The largest absolute Gasteiger partial charge is 0.302 e. The molecule has 0 bridgehead atoms. The first kappa shape index (κ1) is 17.0. The van der Waals surface area contributed by atoms with Crippen molar-refractivity contribution >= 4 is 22.4 Å². The van der Waals surface area contributed by atoms with Gasteiger partial charge in [-0.1, -0.05) is 11.3 Å². The lowest BCUT2D eigenvalue weighted by atomic mass is 10.0. The zero-order valence-corrected chi connectivity index (χ0v) is 15.1. The van der Waals surface area contributed by atoms with Crippen molar-refractivity contribution in [3.63, 3.8) is 0 Å². The van der Waals surface area contributed by atoms with Gasteiger partial charge in [0.05, 0.1) is 16.8 Å². The van der Waals surface area contributed by atoms with Crippen molar-refractivity contribution in [3.8, 4) is 10.6 Å². The van der Waals surface area contributed by atoms with Crippen LogP contribution in [0.4, 0.5) is 5.13 Å². The number of aromatic nitrogens is 3. The zero-order valence-electron chi connectivity index (χ0n) is 14.3. The summed E-state index contributed by atoms with van der Waals surface area (Å²) in [5, 5.41) is 3.27. The molecule has 7 heteroatoms. The molecule has 0 radical (unpaired) electrons. The third-order valence-electron chi connectivity index (χ3n) is 4.29. The van der Waals surface area contributed by atoms with Crippen molar-refractivity contribution in [1.29, 1.82) is 0 Å². The van der Waals surface area contributed by atoms with E-state index in [4.69, 9.17) is 0 Å². The van der Waals surface area contributed by atoms with E-state index >= 15 is 0 Å². The lowest BCUT2D eigenvalue weighted by Gasteiger charge is -2.20. The summed E-state index contributed by atoms with van der Waals surface area (Å²) in [4.78, 5) is 27.8. The van der Waals surface area contributed by atoms with Crippen LogP contribution in [0.25, 0.3) is 10.6 Å². The normalized spacial score (nSPS) is 18.2. The van der Waals surface area contributed by atoms with E-state index in [9.17, 15) is 4.79 Å². The second-order valence-electron chi connectivity index (χ2n) is 6.55. The third kappa shape index (κ3) is 4.15. The Kier molecular flexibility index (Phi) is 5.20. The van der Waals surface area contributed by atoms with E-state index in [0.29, 0.717) is 17.1 Å². The van der Waals surface area contributed by atoms with E-state index < -0.39 is 0 Å². The van der Waals surface area contributed by atoms with E-state index in [1.807, 2.05) is 6.20 Å². The second-order valence-corrected chi connectivity index (χ2v) is 7.58. The SMILES string of the molecule is CC(=O)Nc1ncc(-c2cnc(C[C@@H]3CCN(C(C)C)C3)cn2)s1. The van der Waals surface area contributed by atoms with Gasteiger partial charge in [-0.3, -0.25) is 14.8 Å². The lowest BCUT2D eigenvalue weighted by molar-refractivity contribution is -0.114. The van der Waals surface area contributed by atoms with Crippen molar-refractivity contribution in [2.24, 2.45) is 5.92 Å². The Bertz CT molecular complexity index is 697. The molecule has 0 spiro atoms. The molecular weight excluding hydrogens is 322 g/mol. The predicted molar refractivity (Wildman–Crippen MR) is 96.0 cm³/mol. The molecule has 1 N–H and O–H groups in total. The summed E-state index contributed by atoms with van der Waals surface area (Å²) in [6.07, 6.45) is 7.60. The van der Waals surface area contributed by atoms with Crippen LogP contribution < -0.4 is 5.32 Å². The summed E-state index contributed by atoms with van der Waals surface area (Å²) in [6, 6.07) is 0.618. The molecular formula is C17H23N5OS. The number of carbonyl (C=O) groups excluding carboxylic acids is 1. The van der Waals surface area contributed by atoms with Crippen LogP contribution in [0.3, 0.4) is 0 Å². The summed E-state index contributed by atoms with van der Waals surface area (Å²) >= 11 is 1.40. The first-order valence-electron chi connectivity index (χ1n) is 8.30. The number of thiazole rings is 1.